The minimum Gasteiger partial charge on any atom is -0.455 e. The van der Waals surface area contributed by atoms with Gasteiger partial charge in [-0.15, -0.1) is 21.9 Å². The van der Waals surface area contributed by atoms with E-state index in [0.717, 1.165) is 38.3 Å². The smallest absolute Gasteiger partial charge is 0.143 e. The topological polar surface area (TPSA) is 13.1 Å². The van der Waals surface area contributed by atoms with Gasteiger partial charge in [0.25, 0.3) is 0 Å². The fourth-order valence-electron chi connectivity index (χ4n) is 6.87. The molecular weight excluding hydrogens is 535 g/mol. The van der Waals surface area contributed by atoms with E-state index in [4.69, 9.17) is 67.2 Å². The second-order valence-corrected chi connectivity index (χ2v) is 11.4. The predicted molar refractivity (Wildman–Crippen MR) is 200 cm³/mol. The molecule has 0 spiro atoms. The Morgan fingerprint density at radius 1 is 0.378 bits per heavy atom. The molecule has 0 amide bonds. The van der Waals surface area contributed by atoms with E-state index >= 15 is 0 Å². The molecule has 0 atom stereocenters. The number of fused-ring (bicyclic) bond motifs is 7. The van der Waals surface area contributed by atoms with Crippen LogP contribution < -0.4 is 43.7 Å². The minimum atomic E-state index is 0.171. The molecule has 188 valence electrons. The third kappa shape index (κ3) is 3.80. The van der Waals surface area contributed by atoms with Crippen LogP contribution in [0, 0.1) is 0 Å². The van der Waals surface area contributed by atoms with Crippen LogP contribution in [-0.2, 0) is 0 Å². The fourth-order valence-corrected chi connectivity index (χ4v) is 6.87. The highest BCUT2D eigenvalue weighted by atomic mass is 16.3. The maximum Gasteiger partial charge on any atom is 0.143 e. The number of rotatable bonds is 2. The van der Waals surface area contributed by atoms with Gasteiger partial charge in [-0.25, -0.2) is 0 Å². The highest BCUT2D eigenvalue weighted by Crippen LogP contribution is 2.45. The Hall–Kier alpha value is -4.36. The zero-order chi connectivity index (χ0) is 31.3. The molecule has 0 bridgehead atoms. The van der Waals surface area contributed by atoms with E-state index in [1.165, 1.54) is 0 Å². The van der Waals surface area contributed by atoms with Crippen LogP contribution in [0.25, 0.3) is 76.5 Å². The average Bonchev–Trinajstić information content (AvgIpc) is 3.46. The first kappa shape index (κ1) is 28.1. The number of hydrogen-bond donors (Lipinski definition) is 0. The summed E-state index contributed by atoms with van der Waals surface area (Å²) >= 11 is 0. The molecule has 16 radical (unpaired) electrons. The number of benzene rings is 7. The van der Waals surface area contributed by atoms with Gasteiger partial charge in [0, 0.05) is 16.2 Å². The molecular formula is C36H14B8O. The van der Waals surface area contributed by atoms with Gasteiger partial charge in [0.15, 0.2) is 0 Å². The monoisotopic (exact) mass is 550 g/mol. The van der Waals surface area contributed by atoms with Gasteiger partial charge < -0.3 is 4.42 Å². The minimum absolute atomic E-state index is 0.171. The van der Waals surface area contributed by atoms with Gasteiger partial charge in [0.2, 0.25) is 0 Å². The van der Waals surface area contributed by atoms with Crippen molar-refractivity contribution in [2.24, 2.45) is 0 Å². The largest absolute Gasteiger partial charge is 0.455 e. The molecule has 0 aliphatic carbocycles. The maximum atomic E-state index is 6.91. The van der Waals surface area contributed by atoms with Gasteiger partial charge >= 0.3 is 0 Å². The Morgan fingerprint density at radius 2 is 0.911 bits per heavy atom. The van der Waals surface area contributed by atoms with Gasteiger partial charge in [-0.1, -0.05) is 94.6 Å². The molecule has 9 heteroatoms. The third-order valence-electron chi connectivity index (χ3n) is 9.04. The lowest BCUT2D eigenvalue weighted by atomic mass is 9.59. The van der Waals surface area contributed by atoms with Crippen LogP contribution in [-0.4, -0.2) is 62.8 Å². The zero-order valence-corrected chi connectivity index (χ0v) is 24.1. The first-order valence-electron chi connectivity index (χ1n) is 14.4. The van der Waals surface area contributed by atoms with Crippen molar-refractivity contribution in [3.05, 3.63) is 84.9 Å². The summed E-state index contributed by atoms with van der Waals surface area (Å²) in [6.07, 6.45) is 0. The van der Waals surface area contributed by atoms with Crippen LogP contribution in [0.1, 0.15) is 0 Å². The van der Waals surface area contributed by atoms with Crippen LogP contribution >= 0.6 is 0 Å². The lowest BCUT2D eigenvalue weighted by molar-refractivity contribution is 0.673. The molecule has 1 heterocycles. The Kier molecular flexibility index (Phi) is 6.30. The van der Waals surface area contributed by atoms with Crippen LogP contribution in [0.3, 0.4) is 0 Å². The Balaban J connectivity index is 1.71. The highest BCUT2D eigenvalue weighted by Gasteiger charge is 2.26. The van der Waals surface area contributed by atoms with Crippen LogP contribution in [0.15, 0.2) is 89.3 Å². The van der Waals surface area contributed by atoms with Gasteiger partial charge in [-0.05, 0) is 61.3 Å². The van der Waals surface area contributed by atoms with E-state index in [-0.39, 0.29) is 43.7 Å². The van der Waals surface area contributed by atoms with E-state index in [2.05, 4.69) is 18.2 Å². The van der Waals surface area contributed by atoms with Crippen molar-refractivity contribution in [3.63, 3.8) is 0 Å². The molecule has 1 aromatic heterocycles. The summed E-state index contributed by atoms with van der Waals surface area (Å²) in [6, 6.07) is 27.7. The summed E-state index contributed by atoms with van der Waals surface area (Å²) in [5.74, 6) is 0. The summed E-state index contributed by atoms with van der Waals surface area (Å²) in [4.78, 5) is 0. The molecule has 0 saturated heterocycles. The Bertz CT molecular complexity index is 2490. The molecule has 1 nitrogen and oxygen atoms in total. The van der Waals surface area contributed by atoms with E-state index in [0.29, 0.717) is 38.3 Å². The van der Waals surface area contributed by atoms with E-state index in [1.807, 2.05) is 66.7 Å². The quantitative estimate of drug-likeness (QED) is 0.229. The Labute approximate surface area is 271 Å². The SMILES string of the molecule is [B]c1c([B])c([B])c2c(-c3cccc4oc5c6ccccc6ccc5c34)c3c([B])c([B])c([B])c([B])c3c(-c3ccccc3)c2c1[B]. The Morgan fingerprint density at radius 3 is 1.51 bits per heavy atom. The molecule has 0 aliphatic rings. The lowest BCUT2D eigenvalue weighted by Gasteiger charge is -2.28. The molecule has 0 fully saturated rings. The normalized spacial score (nSPS) is 11.8. The number of hydrogen-bond acceptors (Lipinski definition) is 1. The second-order valence-electron chi connectivity index (χ2n) is 11.4. The van der Waals surface area contributed by atoms with E-state index in [9.17, 15) is 0 Å². The number of furan rings is 1. The first-order valence-corrected chi connectivity index (χ1v) is 14.4. The molecule has 0 N–H and O–H groups in total. The standard InChI is InChI=1S/C36H14B8O/c37-28-24-21(16-8-2-1-3-9-16)25-27(31(40)35(44)33(42)29(25)38)23(26(24)30(39)34(43)32(28)41)18-11-6-12-20-22(18)19-14-13-15-7-4-5-10-17(15)36(19)45-20/h1-14H. The predicted octanol–water partition coefficient (Wildman–Crippen LogP) is 0.730. The van der Waals surface area contributed by atoms with Crippen molar-refractivity contribution < 1.29 is 4.42 Å². The third-order valence-corrected chi connectivity index (χ3v) is 9.04. The summed E-state index contributed by atoms with van der Waals surface area (Å²) in [7, 11) is 53.7. The van der Waals surface area contributed by atoms with Gasteiger partial charge in [0.05, 0.1) is 0 Å². The van der Waals surface area contributed by atoms with Gasteiger partial charge in [-0.2, -0.15) is 0 Å². The van der Waals surface area contributed by atoms with Crippen molar-refractivity contribution in [2.45, 2.75) is 0 Å². The molecule has 0 unspecified atom stereocenters. The average molecular weight is 549 g/mol. The van der Waals surface area contributed by atoms with Crippen molar-refractivity contribution in [1.82, 2.24) is 0 Å². The van der Waals surface area contributed by atoms with Crippen molar-refractivity contribution in [2.75, 3.05) is 0 Å². The van der Waals surface area contributed by atoms with Crippen LogP contribution in [0.5, 0.6) is 0 Å². The summed E-state index contributed by atoms with van der Waals surface area (Å²) in [6.45, 7) is 0. The van der Waals surface area contributed by atoms with Crippen LogP contribution in [0.2, 0.25) is 0 Å². The summed E-state index contributed by atoms with van der Waals surface area (Å²) in [5.41, 5.74) is 6.09. The van der Waals surface area contributed by atoms with E-state index in [1.54, 1.807) is 0 Å². The first-order chi connectivity index (χ1) is 21.7. The molecule has 8 aromatic rings. The van der Waals surface area contributed by atoms with Gasteiger partial charge in [0.1, 0.15) is 73.9 Å². The summed E-state index contributed by atoms with van der Waals surface area (Å²) in [5, 5.41) is 6.14. The van der Waals surface area contributed by atoms with E-state index < -0.39 is 0 Å². The molecule has 8 rings (SSSR count). The van der Waals surface area contributed by atoms with Gasteiger partial charge in [-0.3, -0.25) is 0 Å². The summed E-state index contributed by atoms with van der Waals surface area (Å²) < 4.78 is 6.54. The lowest BCUT2D eigenvalue weighted by Crippen LogP contribution is -2.50. The molecule has 0 saturated carbocycles. The highest BCUT2D eigenvalue weighted by molar-refractivity contribution is 6.71. The van der Waals surface area contributed by atoms with Crippen molar-refractivity contribution in [3.8, 4) is 22.3 Å². The maximum absolute atomic E-state index is 6.91. The van der Waals surface area contributed by atoms with Crippen molar-refractivity contribution >= 4 is 161 Å². The molecule has 0 aliphatic heterocycles. The zero-order valence-electron chi connectivity index (χ0n) is 24.1. The molecule has 7 aromatic carbocycles. The molecule has 45 heavy (non-hydrogen) atoms. The van der Waals surface area contributed by atoms with Crippen LogP contribution in [0.4, 0.5) is 0 Å². The fraction of sp³-hybridized carbons (Fsp3) is 0. The second kappa shape index (κ2) is 10.1. The van der Waals surface area contributed by atoms with Crippen molar-refractivity contribution in [1.29, 1.82) is 0 Å².